The van der Waals surface area contributed by atoms with Crippen LogP contribution in [0.1, 0.15) is 80.0 Å². The number of carbonyl (C=O) groups excluding carboxylic acids is 3. The first kappa shape index (κ1) is 36.1. The highest BCUT2D eigenvalue weighted by Gasteiger charge is 2.28. The molecule has 3 amide bonds. The van der Waals surface area contributed by atoms with E-state index in [0.717, 1.165) is 18.2 Å². The lowest BCUT2D eigenvalue weighted by Gasteiger charge is -2.29. The molecule has 47 heavy (non-hydrogen) atoms. The fourth-order valence-electron chi connectivity index (χ4n) is 4.77. The summed E-state index contributed by atoms with van der Waals surface area (Å²) in [7, 11) is 0. The fraction of sp³-hybridized carbons (Fsp3) is 0.438. The molecule has 0 aliphatic carbocycles. The second-order valence-corrected chi connectivity index (χ2v) is 11.6. The van der Waals surface area contributed by atoms with E-state index in [1.165, 1.54) is 20.8 Å². The van der Waals surface area contributed by atoms with Crippen LogP contribution in [-0.2, 0) is 34.0 Å². The molecule has 254 valence electrons. The molecule has 0 aliphatic rings. The smallest absolute Gasteiger partial charge is 0.227 e. The third-order valence-corrected chi connectivity index (χ3v) is 7.55. The number of aromatic hydroxyl groups is 3. The highest BCUT2D eigenvalue weighted by atomic mass is 16.4. The molecule has 0 saturated heterocycles. The lowest BCUT2D eigenvalue weighted by molar-refractivity contribution is -0.122. The van der Waals surface area contributed by atoms with Gasteiger partial charge in [0.05, 0.1) is 19.6 Å². The van der Waals surface area contributed by atoms with E-state index < -0.39 is 56.7 Å². The zero-order valence-corrected chi connectivity index (χ0v) is 26.6. The molecule has 6 N–H and O–H groups in total. The van der Waals surface area contributed by atoms with Crippen molar-refractivity contribution in [2.45, 2.75) is 85.9 Å². The molecule has 0 saturated carbocycles. The van der Waals surface area contributed by atoms with Gasteiger partial charge >= 0.3 is 0 Å². The summed E-state index contributed by atoms with van der Waals surface area (Å²) in [6, 6.07) is 3.37. The van der Waals surface area contributed by atoms with Gasteiger partial charge < -0.3 is 44.5 Å². The molecule has 0 bridgehead atoms. The molecule has 0 fully saturated rings. The zero-order chi connectivity index (χ0) is 34.9. The van der Waals surface area contributed by atoms with Crippen molar-refractivity contribution in [1.82, 2.24) is 16.0 Å². The molecule has 0 unspecified atom stereocenters. The van der Waals surface area contributed by atoms with Gasteiger partial charge in [0, 0.05) is 37.5 Å². The SMILES string of the molecule is Cc1cc(=O)c(O)c(CNC(=O)CCC(C)(CCC(=O)NCc2oc(C)cc(=O)c2O)CCC(=O)NCc2oc(C)cc(=O)c2O)o1. The third kappa shape index (κ3) is 10.6. The lowest BCUT2D eigenvalue weighted by Crippen LogP contribution is -2.30. The van der Waals surface area contributed by atoms with Crippen LogP contribution >= 0.6 is 0 Å². The Balaban J connectivity index is 1.63. The van der Waals surface area contributed by atoms with Gasteiger partial charge in [-0.05, 0) is 45.4 Å². The van der Waals surface area contributed by atoms with Gasteiger partial charge in [0.1, 0.15) is 17.3 Å². The van der Waals surface area contributed by atoms with Gasteiger partial charge in [-0.3, -0.25) is 28.8 Å². The van der Waals surface area contributed by atoms with E-state index in [9.17, 15) is 44.1 Å². The Kier molecular flexibility index (Phi) is 12.1. The number of aryl methyl sites for hydroxylation is 3. The van der Waals surface area contributed by atoms with Gasteiger partial charge in [-0.1, -0.05) is 6.92 Å². The molecule has 15 heteroatoms. The van der Waals surface area contributed by atoms with Crippen LogP contribution in [0.5, 0.6) is 17.2 Å². The third-order valence-electron chi connectivity index (χ3n) is 7.55. The van der Waals surface area contributed by atoms with Gasteiger partial charge in [-0.2, -0.15) is 0 Å². The second-order valence-electron chi connectivity index (χ2n) is 11.6. The Morgan fingerprint density at radius 2 is 0.830 bits per heavy atom. The van der Waals surface area contributed by atoms with Crippen molar-refractivity contribution in [3.05, 3.63) is 83.4 Å². The highest BCUT2D eigenvalue weighted by Crippen LogP contribution is 2.34. The summed E-state index contributed by atoms with van der Waals surface area (Å²) < 4.78 is 16.0. The van der Waals surface area contributed by atoms with Gasteiger partial charge in [0.15, 0.2) is 17.3 Å². The van der Waals surface area contributed by atoms with Crippen LogP contribution in [0.15, 0.2) is 45.8 Å². The number of nitrogens with one attached hydrogen (secondary N) is 3. The van der Waals surface area contributed by atoms with Crippen molar-refractivity contribution < 1.29 is 43.0 Å². The molecule has 0 radical (unpaired) electrons. The number of amides is 3. The normalized spacial score (nSPS) is 11.2. The van der Waals surface area contributed by atoms with Crippen LogP contribution in [0.3, 0.4) is 0 Å². The predicted molar refractivity (Wildman–Crippen MR) is 165 cm³/mol. The summed E-state index contributed by atoms with van der Waals surface area (Å²) in [4.78, 5) is 73.6. The quantitative estimate of drug-likeness (QED) is 0.138. The largest absolute Gasteiger partial charge is 0.502 e. The van der Waals surface area contributed by atoms with E-state index in [0.29, 0.717) is 0 Å². The molecule has 3 aromatic rings. The van der Waals surface area contributed by atoms with E-state index >= 15 is 0 Å². The second kappa shape index (κ2) is 15.8. The summed E-state index contributed by atoms with van der Waals surface area (Å²) in [5.41, 5.74) is -2.63. The molecule has 0 aromatic carbocycles. The molecule has 0 aliphatic heterocycles. The Labute approximate surface area is 268 Å². The van der Waals surface area contributed by atoms with E-state index in [1.807, 2.05) is 6.92 Å². The fourth-order valence-corrected chi connectivity index (χ4v) is 4.77. The first-order valence-corrected chi connectivity index (χ1v) is 14.8. The maximum absolute atomic E-state index is 12.7. The average molecular weight is 658 g/mol. The Morgan fingerprint density at radius 3 is 1.09 bits per heavy atom. The predicted octanol–water partition coefficient (Wildman–Crippen LogP) is 2.18. The Morgan fingerprint density at radius 1 is 0.574 bits per heavy atom. The molecule has 15 nitrogen and oxygen atoms in total. The van der Waals surface area contributed by atoms with E-state index in [-0.39, 0.29) is 92.7 Å². The molecule has 3 rings (SSSR count). The maximum Gasteiger partial charge on any atom is 0.227 e. The van der Waals surface area contributed by atoms with Crippen molar-refractivity contribution >= 4 is 17.7 Å². The minimum Gasteiger partial charge on any atom is -0.502 e. The minimum atomic E-state index is -0.722. The molecule has 0 atom stereocenters. The monoisotopic (exact) mass is 657 g/mol. The summed E-state index contributed by atoms with van der Waals surface area (Å²) >= 11 is 0. The Bertz CT molecular complexity index is 1600. The number of carbonyl (C=O) groups is 3. The standard InChI is InChI=1S/C32H39N3O12/c1-17-11-20(36)29(42)23(45-17)14-33-26(39)5-8-32(4,9-6-27(40)34-15-24-30(43)21(37)12-18(2)46-24)10-7-28(41)35-16-25-31(44)22(38)13-19(3)47-25/h11-13,42-44H,5-10,14-16H2,1-4H3,(H,33,39)(H,34,40)(H,35,41). The van der Waals surface area contributed by atoms with Crippen molar-refractivity contribution in [1.29, 1.82) is 0 Å². The summed E-state index contributed by atoms with van der Waals surface area (Å²) in [5, 5.41) is 37.6. The van der Waals surface area contributed by atoms with Crippen LogP contribution in [-0.4, -0.2) is 33.0 Å². The average Bonchev–Trinajstić information content (AvgIpc) is 3.01. The first-order valence-electron chi connectivity index (χ1n) is 14.8. The highest BCUT2D eigenvalue weighted by molar-refractivity contribution is 5.77. The topological polar surface area (TPSA) is 239 Å². The van der Waals surface area contributed by atoms with Crippen LogP contribution < -0.4 is 32.2 Å². The van der Waals surface area contributed by atoms with Crippen LogP contribution in [0, 0.1) is 26.2 Å². The minimum absolute atomic E-state index is 0.0266. The van der Waals surface area contributed by atoms with Crippen molar-refractivity contribution in [2.75, 3.05) is 0 Å². The molecule has 3 heterocycles. The van der Waals surface area contributed by atoms with Gasteiger partial charge in [0.25, 0.3) is 0 Å². The van der Waals surface area contributed by atoms with E-state index in [2.05, 4.69) is 16.0 Å². The van der Waals surface area contributed by atoms with Crippen LogP contribution in [0.4, 0.5) is 0 Å². The van der Waals surface area contributed by atoms with Crippen LogP contribution in [0.25, 0.3) is 0 Å². The van der Waals surface area contributed by atoms with Gasteiger partial charge in [-0.15, -0.1) is 0 Å². The number of hydrogen-bond donors (Lipinski definition) is 6. The van der Waals surface area contributed by atoms with Gasteiger partial charge in [0.2, 0.25) is 51.3 Å². The number of hydrogen-bond acceptors (Lipinski definition) is 12. The van der Waals surface area contributed by atoms with Crippen molar-refractivity contribution in [3.8, 4) is 17.2 Å². The van der Waals surface area contributed by atoms with Crippen molar-refractivity contribution in [2.24, 2.45) is 5.41 Å². The molecular formula is C32H39N3O12. The van der Waals surface area contributed by atoms with E-state index in [4.69, 9.17) is 13.3 Å². The first-order chi connectivity index (χ1) is 22.1. The summed E-state index contributed by atoms with van der Waals surface area (Å²) in [5.74, 6) is -2.57. The van der Waals surface area contributed by atoms with Crippen LogP contribution in [0.2, 0.25) is 0 Å². The molecular weight excluding hydrogens is 618 g/mol. The lowest BCUT2D eigenvalue weighted by atomic mass is 9.77. The Hall–Kier alpha value is -5.34. The van der Waals surface area contributed by atoms with Crippen molar-refractivity contribution in [3.63, 3.8) is 0 Å². The number of rotatable bonds is 15. The molecule has 3 aromatic heterocycles. The van der Waals surface area contributed by atoms with Gasteiger partial charge in [-0.25, -0.2) is 0 Å². The zero-order valence-electron chi connectivity index (χ0n) is 26.6. The summed E-state index contributed by atoms with van der Waals surface area (Å²) in [6.07, 6.45) is 0.641. The summed E-state index contributed by atoms with van der Waals surface area (Å²) in [6.45, 7) is 5.71. The van der Waals surface area contributed by atoms with E-state index in [1.54, 1.807) is 0 Å². The molecule has 0 spiro atoms. The maximum atomic E-state index is 12.7.